The van der Waals surface area contributed by atoms with E-state index < -0.39 is 21.7 Å². The van der Waals surface area contributed by atoms with Gasteiger partial charge in [-0.2, -0.15) is 9.61 Å². The van der Waals surface area contributed by atoms with E-state index in [1.165, 1.54) is 0 Å². The fourth-order valence-corrected chi connectivity index (χ4v) is 9.32. The zero-order valence-corrected chi connectivity index (χ0v) is 37.5. The summed E-state index contributed by atoms with van der Waals surface area (Å²) in [5.41, 5.74) is 6.90. The lowest BCUT2D eigenvalue weighted by Crippen LogP contribution is -2.48. The Morgan fingerprint density at radius 2 is 1.48 bits per heavy atom. The zero-order valence-electron chi connectivity index (χ0n) is 35.5. The summed E-state index contributed by atoms with van der Waals surface area (Å²) in [7, 11) is -2.63. The van der Waals surface area contributed by atoms with Crippen LogP contribution < -0.4 is 4.90 Å². The molecular weight excluding hydrogens is 733 g/mol. The Morgan fingerprint density at radius 3 is 2.00 bits per heavy atom. The number of fused-ring (bicyclic) bond motifs is 3. The van der Waals surface area contributed by atoms with E-state index in [9.17, 15) is 4.79 Å². The number of allylic oxidation sites excluding steroid dienone is 1. The Labute approximate surface area is 336 Å². The van der Waals surface area contributed by atoms with E-state index in [2.05, 4.69) is 82.0 Å². The number of benzene rings is 1. The van der Waals surface area contributed by atoms with Gasteiger partial charge < -0.3 is 24.0 Å². The molecule has 10 nitrogen and oxygen atoms in total. The first-order chi connectivity index (χ1) is 26.4. The van der Waals surface area contributed by atoms with Crippen LogP contribution in [0.5, 0.6) is 0 Å². The molecule has 3 atom stereocenters. The molecule has 4 aromatic rings. The van der Waals surface area contributed by atoms with Crippen molar-refractivity contribution in [2.24, 2.45) is 0 Å². The van der Waals surface area contributed by atoms with E-state index in [0.717, 1.165) is 88.5 Å². The van der Waals surface area contributed by atoms with Crippen molar-refractivity contribution in [1.82, 2.24) is 24.5 Å². The van der Waals surface area contributed by atoms with Gasteiger partial charge in [-0.3, -0.25) is 4.98 Å². The van der Waals surface area contributed by atoms with E-state index in [-0.39, 0.29) is 24.1 Å². The molecule has 12 heteroatoms. The Balaban J connectivity index is 1.45. The SMILES string of the molecule is C=C(C)c1c(C2C[C@H]3CC[C@@H](C2)N3C(=O)OC(C)(C)C)nc2c(-c3ccc(-c4ccccc4)nc3)cnn2c1N(COCC[Si](C)(C)C)COCC[Si](C)(C)C. The second-order valence-electron chi connectivity index (χ2n) is 19.2. The maximum atomic E-state index is 13.5. The summed E-state index contributed by atoms with van der Waals surface area (Å²) in [4.78, 5) is 28.1. The number of pyridine rings is 1. The van der Waals surface area contributed by atoms with Crippen LogP contribution in [0.4, 0.5) is 10.6 Å². The lowest BCUT2D eigenvalue weighted by Gasteiger charge is -2.40. The van der Waals surface area contributed by atoms with Crippen LogP contribution in [-0.4, -0.2) is 91.1 Å². The molecule has 0 saturated carbocycles. The molecule has 2 fully saturated rings. The van der Waals surface area contributed by atoms with Crippen LogP contribution in [0.2, 0.25) is 51.4 Å². The van der Waals surface area contributed by atoms with Gasteiger partial charge in [-0.1, -0.05) is 82.3 Å². The van der Waals surface area contributed by atoms with Crippen molar-refractivity contribution in [1.29, 1.82) is 0 Å². The number of anilines is 1. The number of aromatic nitrogens is 4. The topological polar surface area (TPSA) is 94.3 Å². The number of ether oxygens (including phenoxy) is 3. The monoisotopic (exact) mass is 796 g/mol. The van der Waals surface area contributed by atoms with Crippen molar-refractivity contribution in [3.05, 3.63) is 72.7 Å². The molecule has 2 bridgehead atoms. The molecule has 56 heavy (non-hydrogen) atoms. The van der Waals surface area contributed by atoms with Gasteiger partial charge in [0.2, 0.25) is 0 Å². The highest BCUT2D eigenvalue weighted by atomic mass is 28.3. The molecule has 2 saturated heterocycles. The number of rotatable bonds is 15. The van der Waals surface area contributed by atoms with Crippen LogP contribution in [0.15, 0.2) is 61.4 Å². The van der Waals surface area contributed by atoms with Gasteiger partial charge in [-0.15, -0.1) is 0 Å². The van der Waals surface area contributed by atoms with Crippen LogP contribution >= 0.6 is 0 Å². The van der Waals surface area contributed by atoms with Crippen molar-refractivity contribution < 1.29 is 19.0 Å². The number of amides is 1. The number of carbonyl (C=O) groups is 1. The zero-order chi connectivity index (χ0) is 40.4. The molecule has 5 heterocycles. The molecule has 0 N–H and O–H groups in total. The van der Waals surface area contributed by atoms with E-state index in [1.54, 1.807) is 0 Å². The first kappa shape index (κ1) is 41.8. The smallest absolute Gasteiger partial charge is 0.410 e. The first-order valence-electron chi connectivity index (χ1n) is 20.4. The Kier molecular flexibility index (Phi) is 12.6. The standard InChI is InChI=1S/C44H64N6O4Si2/c1-31(2)39-40(34-25-35-18-19-36(26-34)49(35)43(51)54-44(3,4)5)47-41-37(33-17-20-38(45-27-33)32-15-13-12-14-16-32)28-46-50(41)42(39)48(29-52-21-23-55(6,7)8)30-53-22-24-56(9,10)11/h12-17,20,27-28,34-36H,1,18-19,21-26,29-30H2,2-11H3/t34?,35-,36+. The maximum Gasteiger partial charge on any atom is 0.410 e. The van der Waals surface area contributed by atoms with Gasteiger partial charge in [0.1, 0.15) is 24.9 Å². The number of carbonyl (C=O) groups excluding carboxylic acids is 1. The fraction of sp³-hybridized carbons (Fsp3) is 0.545. The summed E-state index contributed by atoms with van der Waals surface area (Å²) in [5, 5.41) is 5.05. The highest BCUT2D eigenvalue weighted by Gasteiger charge is 2.46. The lowest BCUT2D eigenvalue weighted by atomic mass is 9.85. The minimum Gasteiger partial charge on any atom is -0.444 e. The van der Waals surface area contributed by atoms with Crippen LogP contribution in [0.1, 0.15) is 70.6 Å². The summed E-state index contributed by atoms with van der Waals surface area (Å²) in [6, 6.07) is 16.7. The van der Waals surface area contributed by atoms with Crippen molar-refractivity contribution in [2.75, 3.05) is 31.6 Å². The molecule has 0 aliphatic carbocycles. The number of piperidine rings is 1. The largest absolute Gasteiger partial charge is 0.444 e. The molecule has 1 amide bonds. The van der Waals surface area contributed by atoms with Gasteiger partial charge in [-0.25, -0.2) is 9.78 Å². The quantitative estimate of drug-likeness (QED) is 0.0667. The van der Waals surface area contributed by atoms with Gasteiger partial charge >= 0.3 is 6.09 Å². The summed E-state index contributed by atoms with van der Waals surface area (Å²) in [6.45, 7) is 28.7. The molecular formula is C44H64N6O4Si2. The summed E-state index contributed by atoms with van der Waals surface area (Å²) in [6.07, 6.45) is 7.12. The third-order valence-corrected chi connectivity index (χ3v) is 14.1. The first-order valence-corrected chi connectivity index (χ1v) is 27.8. The second-order valence-corrected chi connectivity index (χ2v) is 30.5. The van der Waals surface area contributed by atoms with Crippen LogP contribution in [0, 0.1) is 0 Å². The normalized spacial score (nSPS) is 18.8. The van der Waals surface area contributed by atoms with Crippen molar-refractivity contribution in [3.8, 4) is 22.4 Å². The van der Waals surface area contributed by atoms with Crippen LogP contribution in [0.25, 0.3) is 33.6 Å². The van der Waals surface area contributed by atoms with Gasteiger partial charge in [0.15, 0.2) is 5.65 Å². The molecule has 2 aliphatic heterocycles. The van der Waals surface area contributed by atoms with Crippen molar-refractivity contribution in [3.63, 3.8) is 0 Å². The van der Waals surface area contributed by atoms with Crippen LogP contribution in [0.3, 0.4) is 0 Å². The van der Waals surface area contributed by atoms with E-state index in [4.69, 9.17) is 29.3 Å². The number of nitrogens with zero attached hydrogens (tertiary/aromatic N) is 6. The molecule has 6 rings (SSSR count). The van der Waals surface area contributed by atoms with Crippen molar-refractivity contribution >= 4 is 39.3 Å². The van der Waals surface area contributed by atoms with E-state index in [1.807, 2.05) is 60.8 Å². The molecule has 1 aromatic carbocycles. The Bertz CT molecular complexity index is 1950. The molecule has 0 radical (unpaired) electrons. The predicted molar refractivity (Wildman–Crippen MR) is 234 cm³/mol. The van der Waals surface area contributed by atoms with E-state index >= 15 is 0 Å². The molecule has 0 spiro atoms. The van der Waals surface area contributed by atoms with Gasteiger partial charge in [0.25, 0.3) is 0 Å². The Hall–Kier alpha value is -3.85. The maximum absolute atomic E-state index is 13.5. The summed E-state index contributed by atoms with van der Waals surface area (Å²) >= 11 is 0. The predicted octanol–water partition coefficient (Wildman–Crippen LogP) is 10.6. The average Bonchev–Trinajstić information content (AvgIpc) is 3.66. The van der Waals surface area contributed by atoms with E-state index in [0.29, 0.717) is 26.7 Å². The summed E-state index contributed by atoms with van der Waals surface area (Å²) < 4.78 is 20.9. The third-order valence-electron chi connectivity index (χ3n) is 10.7. The van der Waals surface area contributed by atoms with Gasteiger partial charge in [-0.05, 0) is 77.1 Å². The minimum absolute atomic E-state index is 0.0815. The lowest BCUT2D eigenvalue weighted by molar-refractivity contribution is 0.00568. The fourth-order valence-electron chi connectivity index (χ4n) is 7.81. The van der Waals surface area contributed by atoms with Crippen LogP contribution in [-0.2, 0) is 14.2 Å². The number of hydrogen-bond acceptors (Lipinski definition) is 8. The van der Waals surface area contributed by atoms with Gasteiger partial charge in [0.05, 0.1) is 17.6 Å². The molecule has 2 aliphatic rings. The summed E-state index contributed by atoms with van der Waals surface area (Å²) in [5.74, 6) is 0.978. The average molecular weight is 797 g/mol. The molecule has 302 valence electrons. The van der Waals surface area contributed by atoms with Gasteiger partial charge in [0, 0.05) is 75.8 Å². The highest BCUT2D eigenvalue weighted by Crippen LogP contribution is 2.47. The minimum atomic E-state index is -1.31. The Morgan fingerprint density at radius 1 is 0.875 bits per heavy atom. The highest BCUT2D eigenvalue weighted by molar-refractivity contribution is 6.76. The third kappa shape index (κ3) is 10.2. The molecule has 3 aromatic heterocycles. The van der Waals surface area contributed by atoms with Crippen molar-refractivity contribution in [2.45, 2.75) is 128 Å². The number of hydrogen-bond donors (Lipinski definition) is 0. The molecule has 1 unspecified atom stereocenters. The second kappa shape index (κ2) is 16.9.